The topological polar surface area (TPSA) is 29.1 Å². The van der Waals surface area contributed by atoms with Gasteiger partial charge in [-0.15, -0.1) is 0 Å². The summed E-state index contributed by atoms with van der Waals surface area (Å²) in [5.41, 5.74) is 0. The molecule has 0 spiro atoms. The highest BCUT2D eigenvalue weighted by atomic mass is 16.6. The fraction of sp³-hybridized carbons (Fsp3) is 1.00. The van der Waals surface area contributed by atoms with Crippen molar-refractivity contribution in [1.82, 2.24) is 0 Å². The first-order valence-electron chi connectivity index (χ1n) is 2.44. The zero-order valence-electron chi connectivity index (χ0n) is 3.55. The van der Waals surface area contributed by atoms with Crippen molar-refractivity contribution >= 4 is 0 Å². The van der Waals surface area contributed by atoms with Crippen molar-refractivity contribution in [2.45, 2.75) is 12.2 Å². The van der Waals surface area contributed by atoms with E-state index in [0.717, 1.165) is 0 Å². The molecule has 2 heteroatoms. The molecule has 0 aliphatic carbocycles. The zero-order valence-corrected chi connectivity index (χ0v) is 3.55. The molecule has 2 nitrogen and oxygen atoms in total. The first kappa shape index (κ1) is 2.99. The highest BCUT2D eigenvalue weighted by Crippen LogP contribution is 2.20. The van der Waals surface area contributed by atoms with Crippen LogP contribution >= 0.6 is 0 Å². The molecule has 34 valence electrons. The van der Waals surface area contributed by atoms with E-state index in [9.17, 15) is 0 Å². The third-order valence-corrected chi connectivity index (χ3v) is 1.49. The van der Waals surface area contributed by atoms with E-state index >= 15 is 0 Å². The third kappa shape index (κ3) is 0.235. The molecule has 2 aliphatic rings. The van der Waals surface area contributed by atoms with Gasteiger partial charge in [0.1, 0.15) is 25.3 Å². The van der Waals surface area contributed by atoms with E-state index in [1.54, 1.807) is 0 Å². The van der Waals surface area contributed by atoms with E-state index in [0.29, 0.717) is 12.2 Å². The van der Waals surface area contributed by atoms with Gasteiger partial charge in [-0.05, 0) is 0 Å². The van der Waals surface area contributed by atoms with Crippen LogP contribution in [0.15, 0.2) is 0 Å². The fourth-order valence-electron chi connectivity index (χ4n) is 1.02. The largest absolute Gasteiger partial charge is 0.357 e. The second-order valence-corrected chi connectivity index (χ2v) is 1.97. The Morgan fingerprint density at radius 2 is 2.00 bits per heavy atom. The Bertz CT molecular complexity index is 65.9. The van der Waals surface area contributed by atoms with E-state index in [-0.39, 0.29) is 0 Å². The quantitative estimate of drug-likeness (QED) is 0.351. The number of fused-ring (bicyclic) bond motifs is 1. The normalized spacial score (nSPS) is 52.0. The Balaban J connectivity index is 2.09. The minimum atomic E-state index is 0.657. The molecule has 0 amide bonds. The summed E-state index contributed by atoms with van der Waals surface area (Å²) in [7, 11) is 0. The molecule has 0 aromatic carbocycles. The van der Waals surface area contributed by atoms with Gasteiger partial charge in [0.15, 0.2) is 0 Å². The number of quaternary nitrogens is 1. The number of epoxide rings is 1. The summed E-state index contributed by atoms with van der Waals surface area (Å²) in [5, 5.41) is 2.30. The molecule has 2 heterocycles. The molecule has 0 bridgehead atoms. The first-order chi connectivity index (χ1) is 2.97. The maximum atomic E-state index is 5.12. The highest BCUT2D eigenvalue weighted by Gasteiger charge is 2.46. The lowest BCUT2D eigenvalue weighted by Crippen LogP contribution is -2.83. The van der Waals surface area contributed by atoms with Crippen molar-refractivity contribution in [3.05, 3.63) is 0 Å². The minimum Gasteiger partial charge on any atom is -0.357 e. The predicted molar refractivity (Wildman–Crippen MR) is 20.3 cm³/mol. The van der Waals surface area contributed by atoms with Crippen LogP contribution in [0.2, 0.25) is 0 Å². The summed E-state index contributed by atoms with van der Waals surface area (Å²) in [6, 6.07) is 0. The van der Waals surface area contributed by atoms with Crippen LogP contribution < -0.4 is 5.32 Å². The molecule has 2 N–H and O–H groups in total. The average Bonchev–Trinajstić information content (AvgIpc) is 2.17. The molecule has 2 unspecified atom stereocenters. The van der Waals surface area contributed by atoms with Gasteiger partial charge in [0.05, 0.1) is 0 Å². The Labute approximate surface area is 36.5 Å². The molecule has 0 saturated carbocycles. The number of hydrogen-bond donors (Lipinski definition) is 1. The predicted octanol–water partition coefficient (Wildman–Crippen LogP) is -1.67. The molecule has 6 heavy (non-hydrogen) atoms. The summed E-state index contributed by atoms with van der Waals surface area (Å²) in [5.74, 6) is 0. The summed E-state index contributed by atoms with van der Waals surface area (Å²) in [4.78, 5) is 0. The average molecular weight is 86.1 g/mol. The Morgan fingerprint density at radius 1 is 1.33 bits per heavy atom. The van der Waals surface area contributed by atoms with Crippen LogP contribution in [-0.4, -0.2) is 25.3 Å². The second kappa shape index (κ2) is 0.768. The Kier molecular flexibility index (Phi) is 0.383. The molecule has 2 aliphatic heterocycles. The smallest absolute Gasteiger partial charge is 0.139 e. The van der Waals surface area contributed by atoms with Gasteiger partial charge in [-0.25, -0.2) is 0 Å². The van der Waals surface area contributed by atoms with Crippen LogP contribution in [0.3, 0.4) is 0 Å². The molecule has 0 aromatic rings. The van der Waals surface area contributed by atoms with Gasteiger partial charge < -0.3 is 10.1 Å². The van der Waals surface area contributed by atoms with Gasteiger partial charge in [-0.3, -0.25) is 0 Å². The van der Waals surface area contributed by atoms with Gasteiger partial charge in [0.25, 0.3) is 0 Å². The van der Waals surface area contributed by atoms with E-state index in [4.69, 9.17) is 4.74 Å². The van der Waals surface area contributed by atoms with Gasteiger partial charge >= 0.3 is 0 Å². The fourth-order valence-corrected chi connectivity index (χ4v) is 1.02. The van der Waals surface area contributed by atoms with Crippen molar-refractivity contribution in [1.29, 1.82) is 0 Å². The molecular formula is C4H8NO+. The van der Waals surface area contributed by atoms with Crippen LogP contribution in [0.1, 0.15) is 0 Å². The summed E-state index contributed by atoms with van der Waals surface area (Å²) >= 11 is 0. The van der Waals surface area contributed by atoms with Crippen LogP contribution in [0.25, 0.3) is 0 Å². The lowest BCUT2D eigenvalue weighted by Gasteiger charge is -1.84. The summed E-state index contributed by atoms with van der Waals surface area (Å²) in [6.45, 7) is 2.43. The molecule has 2 fully saturated rings. The summed E-state index contributed by atoms with van der Waals surface area (Å²) < 4.78 is 5.12. The van der Waals surface area contributed by atoms with Crippen LogP contribution in [0.4, 0.5) is 0 Å². The maximum Gasteiger partial charge on any atom is 0.139 e. The molecule has 2 atom stereocenters. The monoisotopic (exact) mass is 86.1 g/mol. The number of hydrogen-bond acceptors (Lipinski definition) is 1. The lowest BCUT2D eigenvalue weighted by atomic mass is 10.4. The minimum absolute atomic E-state index is 0.657. The SMILES string of the molecule is C1[NH2+]CC2OC12. The lowest BCUT2D eigenvalue weighted by molar-refractivity contribution is -0.647. The van der Waals surface area contributed by atoms with Crippen LogP contribution in [-0.2, 0) is 4.74 Å². The molecule has 0 aromatic heterocycles. The van der Waals surface area contributed by atoms with Crippen molar-refractivity contribution in [3.8, 4) is 0 Å². The second-order valence-electron chi connectivity index (χ2n) is 1.97. The van der Waals surface area contributed by atoms with Crippen LogP contribution in [0.5, 0.6) is 0 Å². The van der Waals surface area contributed by atoms with E-state index in [2.05, 4.69) is 5.32 Å². The van der Waals surface area contributed by atoms with Crippen molar-refractivity contribution in [2.24, 2.45) is 0 Å². The Hall–Kier alpha value is -0.0800. The summed E-state index contributed by atoms with van der Waals surface area (Å²) in [6.07, 6.45) is 1.31. The van der Waals surface area contributed by atoms with Gasteiger partial charge in [-0.2, -0.15) is 0 Å². The van der Waals surface area contributed by atoms with Gasteiger partial charge in [-0.1, -0.05) is 0 Å². The number of ether oxygens (including phenoxy) is 1. The molecule has 2 rings (SSSR count). The van der Waals surface area contributed by atoms with Crippen molar-refractivity contribution in [2.75, 3.05) is 13.1 Å². The molecule has 2 saturated heterocycles. The molecular weight excluding hydrogens is 78.0 g/mol. The number of morpholine rings is 1. The standard InChI is InChI=1S/C4H7NO/c1-3-4(6-3)2-5-1/h3-5H,1-2H2/p+1. The van der Waals surface area contributed by atoms with Crippen LogP contribution in [0, 0.1) is 0 Å². The van der Waals surface area contributed by atoms with E-state index in [1.165, 1.54) is 13.1 Å². The van der Waals surface area contributed by atoms with Crippen molar-refractivity contribution < 1.29 is 10.1 Å². The number of rotatable bonds is 0. The van der Waals surface area contributed by atoms with Gasteiger partial charge in [0.2, 0.25) is 0 Å². The van der Waals surface area contributed by atoms with E-state index in [1.807, 2.05) is 0 Å². The van der Waals surface area contributed by atoms with Gasteiger partial charge in [0, 0.05) is 0 Å². The Morgan fingerprint density at radius 3 is 2.17 bits per heavy atom. The van der Waals surface area contributed by atoms with E-state index < -0.39 is 0 Å². The molecule has 0 radical (unpaired) electrons. The van der Waals surface area contributed by atoms with Crippen molar-refractivity contribution in [3.63, 3.8) is 0 Å². The third-order valence-electron chi connectivity index (χ3n) is 1.49. The number of nitrogens with two attached hydrogens (primary N) is 1. The highest BCUT2D eigenvalue weighted by molar-refractivity contribution is 4.86. The maximum absolute atomic E-state index is 5.12. The first-order valence-corrected chi connectivity index (χ1v) is 2.44. The zero-order chi connectivity index (χ0) is 3.98.